The molecule has 0 aromatic carbocycles. The molecule has 1 aromatic rings. The third-order valence-corrected chi connectivity index (χ3v) is 3.08. The van der Waals surface area contributed by atoms with Crippen molar-refractivity contribution in [3.05, 3.63) is 18.1 Å². The highest BCUT2D eigenvalue weighted by Crippen LogP contribution is 2.28. The fourth-order valence-corrected chi connectivity index (χ4v) is 2.21. The van der Waals surface area contributed by atoms with E-state index < -0.39 is 0 Å². The molecular weight excluding hydrogens is 216 g/mol. The van der Waals surface area contributed by atoms with Crippen molar-refractivity contribution in [2.75, 3.05) is 18.8 Å². The third-order valence-electron chi connectivity index (χ3n) is 3.08. The van der Waals surface area contributed by atoms with Crippen LogP contribution in [0.5, 0.6) is 0 Å². The normalized spacial score (nSPS) is 19.1. The first-order valence-corrected chi connectivity index (χ1v) is 5.85. The van der Waals surface area contributed by atoms with Crippen LogP contribution in [0.3, 0.4) is 0 Å². The summed E-state index contributed by atoms with van der Waals surface area (Å²) in [6.07, 6.45) is 5.06. The summed E-state index contributed by atoms with van der Waals surface area (Å²) < 4.78 is 0. The molecule has 2 N–H and O–H groups in total. The quantitative estimate of drug-likeness (QED) is 0.795. The van der Waals surface area contributed by atoms with Crippen LogP contribution >= 0.6 is 0 Å². The van der Waals surface area contributed by atoms with Gasteiger partial charge >= 0.3 is 0 Å². The number of piperidine rings is 1. The Morgan fingerprint density at radius 2 is 2.18 bits per heavy atom. The van der Waals surface area contributed by atoms with Crippen LogP contribution < -0.4 is 5.73 Å². The molecule has 1 aromatic heterocycles. The van der Waals surface area contributed by atoms with E-state index in [1.54, 1.807) is 0 Å². The van der Waals surface area contributed by atoms with Gasteiger partial charge in [-0.3, -0.25) is 4.79 Å². The third kappa shape index (κ3) is 2.72. The number of nitrogen functional groups attached to an aromatic ring is 1. The Hall–Kier alpha value is -1.65. The maximum Gasteiger partial charge on any atom is 0.274 e. The molecule has 17 heavy (non-hydrogen) atoms. The number of nitrogens with zero attached hydrogens (tertiary/aromatic N) is 3. The summed E-state index contributed by atoms with van der Waals surface area (Å²) in [5.74, 6) is 0.283. The van der Waals surface area contributed by atoms with Crippen LogP contribution in [0.15, 0.2) is 12.4 Å². The van der Waals surface area contributed by atoms with Crippen LogP contribution in [0.25, 0.3) is 0 Å². The molecular formula is C12H18N4O. The van der Waals surface area contributed by atoms with Crippen molar-refractivity contribution in [1.82, 2.24) is 14.9 Å². The highest BCUT2D eigenvalue weighted by Gasteiger charge is 2.30. The predicted octanol–water partition coefficient (Wildman–Crippen LogP) is 1.32. The SMILES string of the molecule is CC1(C)CCCN(C(=O)c2cnc(N)cn2)C1. The monoisotopic (exact) mass is 234 g/mol. The van der Waals surface area contributed by atoms with Gasteiger partial charge in [0.1, 0.15) is 11.5 Å². The molecule has 0 unspecified atom stereocenters. The van der Waals surface area contributed by atoms with E-state index in [1.165, 1.54) is 12.4 Å². The maximum atomic E-state index is 12.2. The average Bonchev–Trinajstić information content (AvgIpc) is 2.28. The summed E-state index contributed by atoms with van der Waals surface area (Å²) in [6.45, 7) is 5.94. The molecule has 5 nitrogen and oxygen atoms in total. The van der Waals surface area contributed by atoms with E-state index in [0.717, 1.165) is 25.9 Å². The van der Waals surface area contributed by atoms with Crippen molar-refractivity contribution in [3.63, 3.8) is 0 Å². The van der Waals surface area contributed by atoms with Gasteiger partial charge in [-0.25, -0.2) is 9.97 Å². The van der Waals surface area contributed by atoms with Gasteiger partial charge in [-0.2, -0.15) is 0 Å². The molecule has 5 heteroatoms. The number of carbonyl (C=O) groups excluding carboxylic acids is 1. The lowest BCUT2D eigenvalue weighted by Crippen LogP contribution is -2.43. The Bertz CT molecular complexity index is 413. The summed E-state index contributed by atoms with van der Waals surface area (Å²) in [6, 6.07) is 0. The van der Waals surface area contributed by atoms with E-state index in [4.69, 9.17) is 5.73 Å². The summed E-state index contributed by atoms with van der Waals surface area (Å²) in [5, 5.41) is 0. The molecule has 1 aliphatic rings. The number of rotatable bonds is 1. The number of likely N-dealkylation sites (tertiary alicyclic amines) is 1. The smallest absolute Gasteiger partial charge is 0.274 e. The summed E-state index contributed by atoms with van der Waals surface area (Å²) >= 11 is 0. The minimum atomic E-state index is -0.0507. The van der Waals surface area contributed by atoms with E-state index >= 15 is 0 Å². The average molecular weight is 234 g/mol. The zero-order valence-corrected chi connectivity index (χ0v) is 10.3. The molecule has 0 radical (unpaired) electrons. The lowest BCUT2D eigenvalue weighted by Gasteiger charge is -2.37. The largest absolute Gasteiger partial charge is 0.382 e. The molecule has 1 aliphatic heterocycles. The lowest BCUT2D eigenvalue weighted by atomic mass is 9.84. The van der Waals surface area contributed by atoms with Gasteiger partial charge in [-0.15, -0.1) is 0 Å². The summed E-state index contributed by atoms with van der Waals surface area (Å²) in [7, 11) is 0. The number of carbonyl (C=O) groups is 1. The summed E-state index contributed by atoms with van der Waals surface area (Å²) in [5.41, 5.74) is 6.01. The maximum absolute atomic E-state index is 12.2. The molecule has 0 spiro atoms. The van der Waals surface area contributed by atoms with Crippen LogP contribution in [-0.2, 0) is 0 Å². The molecule has 0 saturated carbocycles. The number of amides is 1. The van der Waals surface area contributed by atoms with Gasteiger partial charge in [-0.1, -0.05) is 13.8 Å². The Kier molecular flexibility index (Phi) is 3.00. The van der Waals surface area contributed by atoms with E-state index in [-0.39, 0.29) is 11.3 Å². The first-order chi connectivity index (χ1) is 7.98. The molecule has 2 heterocycles. The highest BCUT2D eigenvalue weighted by atomic mass is 16.2. The summed E-state index contributed by atoms with van der Waals surface area (Å²) in [4.78, 5) is 22.0. The molecule has 2 rings (SSSR count). The van der Waals surface area contributed by atoms with E-state index in [9.17, 15) is 4.79 Å². The van der Waals surface area contributed by atoms with Crippen molar-refractivity contribution < 1.29 is 4.79 Å². The van der Waals surface area contributed by atoms with Crippen LogP contribution in [0.4, 0.5) is 5.82 Å². The van der Waals surface area contributed by atoms with Gasteiger partial charge in [0.25, 0.3) is 5.91 Å². The van der Waals surface area contributed by atoms with Gasteiger partial charge in [0.2, 0.25) is 0 Å². The molecule has 1 amide bonds. The van der Waals surface area contributed by atoms with E-state index in [1.807, 2.05) is 4.90 Å². The molecule has 0 atom stereocenters. The lowest BCUT2D eigenvalue weighted by molar-refractivity contribution is 0.0577. The molecule has 1 fully saturated rings. The van der Waals surface area contributed by atoms with Gasteiger partial charge in [0.05, 0.1) is 12.4 Å². The molecule has 1 saturated heterocycles. The van der Waals surface area contributed by atoms with E-state index in [2.05, 4.69) is 23.8 Å². The zero-order chi connectivity index (χ0) is 12.5. The minimum absolute atomic E-state index is 0.0507. The second-order valence-corrected chi connectivity index (χ2v) is 5.32. The molecule has 92 valence electrons. The predicted molar refractivity (Wildman–Crippen MR) is 65.4 cm³/mol. The first-order valence-electron chi connectivity index (χ1n) is 5.85. The first kappa shape index (κ1) is 11.8. The van der Waals surface area contributed by atoms with Crippen molar-refractivity contribution in [2.45, 2.75) is 26.7 Å². The van der Waals surface area contributed by atoms with Crippen LogP contribution in [0, 0.1) is 5.41 Å². The Morgan fingerprint density at radius 1 is 1.41 bits per heavy atom. The zero-order valence-electron chi connectivity index (χ0n) is 10.3. The minimum Gasteiger partial charge on any atom is -0.382 e. The number of nitrogens with two attached hydrogens (primary N) is 1. The Morgan fingerprint density at radius 3 is 2.76 bits per heavy atom. The van der Waals surface area contributed by atoms with Gasteiger partial charge in [-0.05, 0) is 18.3 Å². The van der Waals surface area contributed by atoms with Crippen molar-refractivity contribution in [2.24, 2.45) is 5.41 Å². The van der Waals surface area contributed by atoms with Crippen molar-refractivity contribution in [1.29, 1.82) is 0 Å². The molecule has 0 aliphatic carbocycles. The van der Waals surface area contributed by atoms with Gasteiger partial charge in [0.15, 0.2) is 0 Å². The van der Waals surface area contributed by atoms with Gasteiger partial charge in [0, 0.05) is 13.1 Å². The fraction of sp³-hybridized carbons (Fsp3) is 0.583. The second-order valence-electron chi connectivity index (χ2n) is 5.32. The topological polar surface area (TPSA) is 72.1 Å². The van der Waals surface area contributed by atoms with Crippen LogP contribution in [-0.4, -0.2) is 33.9 Å². The Balaban J connectivity index is 2.12. The number of hydrogen-bond acceptors (Lipinski definition) is 4. The van der Waals surface area contributed by atoms with E-state index in [0.29, 0.717) is 11.5 Å². The highest BCUT2D eigenvalue weighted by molar-refractivity contribution is 5.92. The second kappa shape index (κ2) is 4.31. The van der Waals surface area contributed by atoms with Crippen molar-refractivity contribution in [3.8, 4) is 0 Å². The van der Waals surface area contributed by atoms with Crippen molar-refractivity contribution >= 4 is 11.7 Å². The Labute approximate surface area is 101 Å². The number of aromatic nitrogens is 2. The van der Waals surface area contributed by atoms with Crippen LogP contribution in [0.2, 0.25) is 0 Å². The number of anilines is 1. The number of hydrogen-bond donors (Lipinski definition) is 1. The fourth-order valence-electron chi connectivity index (χ4n) is 2.21. The van der Waals surface area contributed by atoms with Crippen LogP contribution in [0.1, 0.15) is 37.2 Å². The molecule has 0 bridgehead atoms. The van der Waals surface area contributed by atoms with Gasteiger partial charge < -0.3 is 10.6 Å². The standard InChI is InChI=1S/C12H18N4O/c1-12(2)4-3-5-16(8-12)11(17)9-6-15-10(13)7-14-9/h6-7H,3-5,8H2,1-2H3,(H2,13,15).